The van der Waals surface area contributed by atoms with Gasteiger partial charge in [0, 0.05) is 14.8 Å². The fraction of sp³-hybridized carbons (Fsp3) is 0.250. The highest BCUT2D eigenvalue weighted by Gasteiger charge is 2.34. The summed E-state index contributed by atoms with van der Waals surface area (Å²) >= 11 is 2.26. The van der Waals surface area contributed by atoms with Crippen LogP contribution >= 0.6 is 22.6 Å². The SMILES string of the molecule is CCCc1[nH]nc2c1[C@@H](c1cccc(I)c1)C(C#N)=C(N)O2. The zero-order valence-corrected chi connectivity index (χ0v) is 14.2. The Labute approximate surface area is 142 Å². The van der Waals surface area contributed by atoms with E-state index in [0.29, 0.717) is 11.5 Å². The molecule has 0 saturated carbocycles. The first-order chi connectivity index (χ1) is 10.7. The summed E-state index contributed by atoms with van der Waals surface area (Å²) in [5.74, 6) is 0.376. The van der Waals surface area contributed by atoms with Gasteiger partial charge in [-0.15, -0.1) is 5.10 Å². The number of nitriles is 1. The maximum atomic E-state index is 9.55. The smallest absolute Gasteiger partial charge is 0.244 e. The van der Waals surface area contributed by atoms with E-state index in [4.69, 9.17) is 10.5 Å². The topological polar surface area (TPSA) is 87.7 Å². The molecule has 0 spiro atoms. The van der Waals surface area contributed by atoms with Gasteiger partial charge in [-0.2, -0.15) is 5.26 Å². The lowest BCUT2D eigenvalue weighted by molar-refractivity contribution is 0.378. The van der Waals surface area contributed by atoms with Crippen molar-refractivity contribution in [2.24, 2.45) is 5.73 Å². The number of nitrogens with one attached hydrogen (secondary N) is 1. The molecule has 0 radical (unpaired) electrons. The van der Waals surface area contributed by atoms with Gasteiger partial charge in [0.25, 0.3) is 0 Å². The monoisotopic (exact) mass is 406 g/mol. The number of H-pyrrole nitrogens is 1. The van der Waals surface area contributed by atoms with E-state index in [1.165, 1.54) is 0 Å². The standard InChI is InChI=1S/C16H15IN4O/c1-2-4-12-14-13(9-5-3-6-10(17)7-9)11(8-18)15(19)22-16(14)21-20-12/h3,5-7,13H,2,4,19H2,1H3,(H,20,21)/t13-/m0/s1. The Bertz CT molecular complexity index is 788. The van der Waals surface area contributed by atoms with Crippen LogP contribution in [0, 0.1) is 14.9 Å². The minimum absolute atomic E-state index is 0.133. The van der Waals surface area contributed by atoms with Gasteiger partial charge in [-0.25, -0.2) is 0 Å². The summed E-state index contributed by atoms with van der Waals surface area (Å²) in [6, 6.07) is 10.3. The molecular weight excluding hydrogens is 391 g/mol. The van der Waals surface area contributed by atoms with Crippen molar-refractivity contribution < 1.29 is 4.74 Å². The fourth-order valence-electron chi connectivity index (χ4n) is 2.77. The molecule has 2 aromatic rings. The third-order valence-electron chi connectivity index (χ3n) is 3.70. The number of aromatic amines is 1. The third-order valence-corrected chi connectivity index (χ3v) is 4.37. The highest BCUT2D eigenvalue weighted by Crippen LogP contribution is 2.43. The van der Waals surface area contributed by atoms with Gasteiger partial charge < -0.3 is 10.5 Å². The van der Waals surface area contributed by atoms with E-state index in [1.807, 2.05) is 18.2 Å². The van der Waals surface area contributed by atoms with Gasteiger partial charge in [0.1, 0.15) is 11.6 Å². The molecule has 1 aromatic heterocycles. The van der Waals surface area contributed by atoms with Crippen LogP contribution in [-0.2, 0) is 6.42 Å². The molecule has 22 heavy (non-hydrogen) atoms. The Morgan fingerprint density at radius 3 is 3.00 bits per heavy atom. The Morgan fingerprint density at radius 2 is 2.32 bits per heavy atom. The molecule has 2 heterocycles. The van der Waals surface area contributed by atoms with E-state index < -0.39 is 0 Å². The molecular formula is C16H15IN4O. The number of benzene rings is 1. The van der Waals surface area contributed by atoms with Crippen LogP contribution < -0.4 is 10.5 Å². The van der Waals surface area contributed by atoms with Crippen LogP contribution in [0.1, 0.15) is 36.1 Å². The average molecular weight is 406 g/mol. The molecule has 0 bridgehead atoms. The summed E-state index contributed by atoms with van der Waals surface area (Å²) in [7, 11) is 0. The predicted molar refractivity (Wildman–Crippen MR) is 91.0 cm³/mol. The number of ether oxygens (including phenoxy) is 1. The van der Waals surface area contributed by atoms with Crippen molar-refractivity contribution in [3.05, 3.63) is 56.1 Å². The molecule has 0 unspecified atom stereocenters. The number of hydrogen-bond acceptors (Lipinski definition) is 4. The van der Waals surface area contributed by atoms with Crippen LogP contribution in [0.25, 0.3) is 0 Å². The Kier molecular flexibility index (Phi) is 4.07. The molecule has 3 rings (SSSR count). The highest BCUT2D eigenvalue weighted by atomic mass is 127. The summed E-state index contributed by atoms with van der Waals surface area (Å²) in [4.78, 5) is 0. The van der Waals surface area contributed by atoms with E-state index in [-0.39, 0.29) is 11.8 Å². The summed E-state index contributed by atoms with van der Waals surface area (Å²) in [6.07, 6.45) is 1.83. The first-order valence-corrected chi connectivity index (χ1v) is 8.13. The lowest BCUT2D eigenvalue weighted by Gasteiger charge is -2.24. The summed E-state index contributed by atoms with van der Waals surface area (Å²) in [5, 5.41) is 16.8. The van der Waals surface area contributed by atoms with E-state index in [0.717, 1.165) is 33.2 Å². The van der Waals surface area contributed by atoms with Crippen LogP contribution in [0.3, 0.4) is 0 Å². The maximum absolute atomic E-state index is 9.55. The predicted octanol–water partition coefficient (Wildman–Crippen LogP) is 3.18. The molecule has 1 atom stereocenters. The van der Waals surface area contributed by atoms with Gasteiger partial charge in [0.2, 0.25) is 11.8 Å². The minimum atomic E-state index is -0.233. The van der Waals surface area contributed by atoms with Gasteiger partial charge in [-0.3, -0.25) is 5.10 Å². The second-order valence-corrected chi connectivity index (χ2v) is 6.40. The number of fused-ring (bicyclic) bond motifs is 1. The number of allylic oxidation sites excluding steroid dienone is 1. The molecule has 0 amide bonds. The number of aromatic nitrogens is 2. The summed E-state index contributed by atoms with van der Waals surface area (Å²) in [5.41, 5.74) is 9.32. The maximum Gasteiger partial charge on any atom is 0.244 e. The van der Waals surface area contributed by atoms with E-state index in [1.54, 1.807) is 0 Å². The van der Waals surface area contributed by atoms with Crippen LogP contribution in [0.15, 0.2) is 35.7 Å². The van der Waals surface area contributed by atoms with Gasteiger partial charge in [0.15, 0.2) is 0 Å². The Balaban J connectivity index is 2.21. The van der Waals surface area contributed by atoms with Gasteiger partial charge in [-0.1, -0.05) is 25.5 Å². The average Bonchev–Trinajstić information content (AvgIpc) is 2.88. The lowest BCUT2D eigenvalue weighted by atomic mass is 9.83. The van der Waals surface area contributed by atoms with Crippen LogP contribution in [0.2, 0.25) is 0 Å². The molecule has 112 valence electrons. The second kappa shape index (κ2) is 6.01. The molecule has 5 nitrogen and oxygen atoms in total. The van der Waals surface area contributed by atoms with Crippen molar-refractivity contribution in [1.29, 1.82) is 5.26 Å². The Hall–Kier alpha value is -2.01. The molecule has 0 aliphatic carbocycles. The van der Waals surface area contributed by atoms with E-state index in [9.17, 15) is 5.26 Å². The zero-order chi connectivity index (χ0) is 15.7. The van der Waals surface area contributed by atoms with Gasteiger partial charge in [-0.05, 0) is 46.7 Å². The first kappa shape index (κ1) is 14.9. The minimum Gasteiger partial charge on any atom is -0.420 e. The third kappa shape index (κ3) is 2.46. The molecule has 1 aromatic carbocycles. The number of halogens is 1. The molecule has 3 N–H and O–H groups in total. The number of hydrogen-bond donors (Lipinski definition) is 2. The second-order valence-electron chi connectivity index (χ2n) is 5.15. The van der Waals surface area contributed by atoms with Crippen molar-refractivity contribution in [2.45, 2.75) is 25.7 Å². The van der Waals surface area contributed by atoms with Crippen LogP contribution in [0.4, 0.5) is 0 Å². The molecule has 1 aliphatic heterocycles. The largest absolute Gasteiger partial charge is 0.420 e. The van der Waals surface area contributed by atoms with Gasteiger partial charge in [0.05, 0.1) is 5.92 Å². The van der Waals surface area contributed by atoms with Crippen molar-refractivity contribution in [2.75, 3.05) is 0 Å². The van der Waals surface area contributed by atoms with Crippen molar-refractivity contribution in [1.82, 2.24) is 10.2 Å². The molecule has 6 heteroatoms. The number of rotatable bonds is 3. The van der Waals surface area contributed by atoms with Gasteiger partial charge >= 0.3 is 0 Å². The van der Waals surface area contributed by atoms with Crippen molar-refractivity contribution in [3.8, 4) is 11.9 Å². The van der Waals surface area contributed by atoms with E-state index >= 15 is 0 Å². The number of nitrogens with zero attached hydrogens (tertiary/aromatic N) is 2. The number of nitrogens with two attached hydrogens (primary N) is 1. The van der Waals surface area contributed by atoms with Crippen molar-refractivity contribution in [3.63, 3.8) is 0 Å². The molecule has 0 saturated heterocycles. The fourth-order valence-corrected chi connectivity index (χ4v) is 3.34. The van der Waals surface area contributed by atoms with Crippen LogP contribution in [0.5, 0.6) is 5.88 Å². The summed E-state index contributed by atoms with van der Waals surface area (Å²) < 4.78 is 6.65. The molecule has 0 fully saturated rings. The summed E-state index contributed by atoms with van der Waals surface area (Å²) in [6.45, 7) is 2.10. The number of aryl methyl sites for hydroxylation is 1. The lowest BCUT2D eigenvalue weighted by Crippen LogP contribution is -2.21. The highest BCUT2D eigenvalue weighted by molar-refractivity contribution is 14.1. The molecule has 1 aliphatic rings. The quantitative estimate of drug-likeness (QED) is 0.767. The Morgan fingerprint density at radius 1 is 1.50 bits per heavy atom. The van der Waals surface area contributed by atoms with Crippen molar-refractivity contribution >= 4 is 22.6 Å². The zero-order valence-electron chi connectivity index (χ0n) is 12.1. The first-order valence-electron chi connectivity index (χ1n) is 7.05. The van der Waals surface area contributed by atoms with Crippen LogP contribution in [-0.4, -0.2) is 10.2 Å². The van der Waals surface area contributed by atoms with E-state index in [2.05, 4.69) is 51.8 Å². The normalized spacial score (nSPS) is 16.9.